The molecule has 0 unspecified atom stereocenters. The molecule has 0 spiro atoms. The molecule has 2 aromatic rings. The highest BCUT2D eigenvalue weighted by Gasteiger charge is 2.28. The zero-order valence-corrected chi connectivity index (χ0v) is 54.4. The summed E-state index contributed by atoms with van der Waals surface area (Å²) < 4.78 is 0. The highest BCUT2D eigenvalue weighted by molar-refractivity contribution is 7.81. The molecule has 0 heterocycles. The summed E-state index contributed by atoms with van der Waals surface area (Å²) in [6, 6.07) is 22.2. The van der Waals surface area contributed by atoms with Gasteiger partial charge in [-0.25, -0.2) is 15.2 Å². The number of nitrogens with zero attached hydrogens (tertiary/aromatic N) is 3. The van der Waals surface area contributed by atoms with E-state index in [0.29, 0.717) is 55.2 Å². The normalized spacial score (nSPS) is 11.3. The lowest BCUT2D eigenvalue weighted by atomic mass is 10.1. The zero-order chi connectivity index (χ0) is 56.4. The maximum Gasteiger partial charge on any atom is 0.246 e. The molecule has 0 aliphatic carbocycles. The van der Waals surface area contributed by atoms with Crippen molar-refractivity contribution >= 4 is 54.5 Å². The van der Waals surface area contributed by atoms with Gasteiger partial charge in [-0.2, -0.15) is 0 Å². The number of hydrogen-bond donors (Lipinski definition) is 5. The van der Waals surface area contributed by atoms with E-state index < -0.39 is 32.2 Å². The Morgan fingerprint density at radius 3 is 1.18 bits per heavy atom. The molecule has 2 rings (SSSR count). The molecule has 0 aromatic heterocycles. The lowest BCUT2D eigenvalue weighted by Crippen LogP contribution is -3.12. The van der Waals surface area contributed by atoms with Crippen LogP contribution in [0.3, 0.4) is 0 Å². The van der Waals surface area contributed by atoms with Crippen molar-refractivity contribution in [3.8, 4) is 0 Å². The van der Waals surface area contributed by atoms with Crippen LogP contribution < -0.4 is 58.0 Å². The monoisotopic (exact) mass is 1220 g/mol. The summed E-state index contributed by atoms with van der Waals surface area (Å²) >= 11 is 0. The van der Waals surface area contributed by atoms with Gasteiger partial charge in [-0.3, -0.25) is 39.6 Å². The summed E-state index contributed by atoms with van der Waals surface area (Å²) in [4.78, 5) is 62.2. The lowest BCUT2D eigenvalue weighted by molar-refractivity contribution is -0.900. The van der Waals surface area contributed by atoms with Crippen molar-refractivity contribution in [2.45, 2.75) is 206 Å². The quantitative estimate of drug-likeness (QED) is 0.0292. The minimum absolute atomic E-state index is 0. The van der Waals surface area contributed by atoms with Gasteiger partial charge in [0.05, 0.1) is 69.2 Å². The summed E-state index contributed by atoms with van der Waals surface area (Å²) in [7, 11) is -2.03. The Hall–Kier alpha value is -2.44. The minimum atomic E-state index is -1.01. The van der Waals surface area contributed by atoms with Crippen molar-refractivity contribution < 1.29 is 81.7 Å². The van der Waals surface area contributed by atoms with Crippen molar-refractivity contribution in [2.75, 3.05) is 84.8 Å². The van der Waals surface area contributed by atoms with Crippen LogP contribution in [-0.4, -0.2) is 145 Å². The van der Waals surface area contributed by atoms with E-state index >= 15 is 0 Å². The Morgan fingerprint density at radius 1 is 0.412 bits per heavy atom. The number of Topliss-reactive ketones (excluding diaryl/α,β-unsaturated/α-hetero) is 1. The second-order valence-corrected chi connectivity index (χ2v) is 31.7. The first-order valence-electron chi connectivity index (χ1n) is 30.4. The Morgan fingerprint density at radius 2 is 0.750 bits per heavy atom. The van der Waals surface area contributed by atoms with E-state index in [0.717, 1.165) is 43.7 Å². The van der Waals surface area contributed by atoms with Gasteiger partial charge < -0.3 is 47.4 Å². The van der Waals surface area contributed by atoms with Crippen molar-refractivity contribution in [1.82, 2.24) is 20.5 Å². The third-order valence-electron chi connectivity index (χ3n) is 15.4. The first-order valence-corrected chi connectivity index (χ1v) is 36.1. The Labute approximate surface area is 505 Å². The van der Waals surface area contributed by atoms with Crippen LogP contribution in [0.15, 0.2) is 60.7 Å². The van der Waals surface area contributed by atoms with Crippen molar-refractivity contribution in [1.29, 1.82) is 0 Å². The van der Waals surface area contributed by atoms with Crippen LogP contribution in [0.1, 0.15) is 206 Å². The molecule has 0 saturated heterocycles. The fraction of sp³-hybridized carbons (Fsp3) is 0.726. The second kappa shape index (κ2) is 49.9. The number of ketones is 1. The van der Waals surface area contributed by atoms with Crippen molar-refractivity contribution in [3.05, 3.63) is 60.7 Å². The number of benzene rings is 2. The van der Waals surface area contributed by atoms with Gasteiger partial charge in [0.15, 0.2) is 0 Å². The number of nitrogens with one attached hydrogen (secondary N) is 2. The average Bonchev–Trinajstić information content (AvgIpc) is 3.42. The molecule has 13 nitrogen and oxygen atoms in total. The average molecular weight is 1220 g/mol. The van der Waals surface area contributed by atoms with Crippen molar-refractivity contribution in [3.63, 3.8) is 0 Å². The molecule has 0 aliphatic heterocycles. The van der Waals surface area contributed by atoms with Crippen LogP contribution in [0.2, 0.25) is 0 Å². The van der Waals surface area contributed by atoms with E-state index in [2.05, 4.69) is 92.6 Å². The van der Waals surface area contributed by atoms with E-state index in [1.807, 2.05) is 0 Å². The standard InChI is InChI=1S/C62H108N5O8P2.3ClH/c1-56(68)65(73)51-33-17-14-24-38-57(69)43-45-61(71)66(74)52-34-22-29-47-63-60(70)44-46-62(72)67(75)53-35-23-32-50-64(48-30-15-10-6-8-12-18-36-54-76(2,3)58-39-25-20-26-40-58)49-31-16-11-7-9-13-19-37-55-77(4,5)59-41-27-21-28-42-59;;;/h20-21,25-28,39-42,73-75H,6-19,22-24,29-38,43-55H2,1-5H3;3*1H/q+1;;;/p-1. The van der Waals surface area contributed by atoms with Crippen LogP contribution in [0, 0.1) is 0 Å². The van der Waals surface area contributed by atoms with Crippen molar-refractivity contribution in [2.24, 2.45) is 0 Å². The number of hydroxylamine groups is 6. The van der Waals surface area contributed by atoms with Gasteiger partial charge in [0, 0.05) is 79.7 Å². The number of rotatable bonds is 49. The summed E-state index contributed by atoms with van der Waals surface area (Å²) in [5, 5.41) is 38.0. The topological polar surface area (TPSA) is 172 Å². The predicted octanol–water partition coefficient (Wildman–Crippen LogP) is 2.54. The molecule has 18 heteroatoms. The summed E-state index contributed by atoms with van der Waals surface area (Å²) in [6.45, 7) is 15.9. The fourth-order valence-corrected chi connectivity index (χ4v) is 14.6. The molecule has 462 valence electrons. The maximum atomic E-state index is 12.6. The van der Waals surface area contributed by atoms with Gasteiger partial charge in [0.2, 0.25) is 23.6 Å². The molecular weight excluding hydrogens is 1110 g/mol. The number of carbonyl (C=O) groups is 5. The molecule has 4 amide bonds. The smallest absolute Gasteiger partial charge is 0.246 e. The molecule has 0 bridgehead atoms. The Kier molecular flexibility index (Phi) is 49.7. The molecule has 0 atom stereocenters. The predicted molar refractivity (Wildman–Crippen MR) is 322 cm³/mol. The molecular formula is C62H110Cl3N5O8P2. The summed E-state index contributed by atoms with van der Waals surface area (Å²) in [5.74, 6) is -1.64. The van der Waals surface area contributed by atoms with E-state index in [1.54, 1.807) is 15.5 Å². The lowest BCUT2D eigenvalue weighted by Gasteiger charge is -2.20. The minimum Gasteiger partial charge on any atom is -1.00 e. The Balaban J connectivity index is 0. The number of unbranched alkanes of at least 4 members (excludes halogenated alkanes) is 21. The van der Waals surface area contributed by atoms with Crippen LogP contribution >= 0.6 is 14.5 Å². The molecule has 5 N–H and O–H groups in total. The van der Waals surface area contributed by atoms with Gasteiger partial charge in [-0.1, -0.05) is 101 Å². The van der Waals surface area contributed by atoms with Gasteiger partial charge in [0.25, 0.3) is 0 Å². The second-order valence-electron chi connectivity index (χ2n) is 23.0. The van der Waals surface area contributed by atoms with Crippen LogP contribution in [0.5, 0.6) is 0 Å². The highest BCUT2D eigenvalue weighted by atomic mass is 35.5. The number of carbonyl (C=O) groups excluding carboxylic acids is 5. The van der Waals surface area contributed by atoms with E-state index in [9.17, 15) is 39.6 Å². The fourth-order valence-electron chi connectivity index (χ4n) is 10.1. The SMILES string of the molecule is CC(=O)N(O)CCCCCCC(=O)CCC(=O)N(O)CCCCCNC(=O)CCC(=O)N(O)CCCCC[NH+](CCCCCCCCCC[P+](C)(C)c1ccccc1)CCCCCCCCCC[P+](C)(C)c1ccccc1.[Cl-].[Cl-].[Cl-]. The number of hydrogen-bond acceptors (Lipinski definition) is 8. The largest absolute Gasteiger partial charge is 1.00 e. The molecule has 0 fully saturated rings. The van der Waals surface area contributed by atoms with Gasteiger partial charge >= 0.3 is 0 Å². The van der Waals surface area contributed by atoms with E-state index in [-0.39, 0.29) is 94.2 Å². The molecule has 0 radical (unpaired) electrons. The number of amides is 4. The molecule has 80 heavy (non-hydrogen) atoms. The summed E-state index contributed by atoms with van der Waals surface area (Å²) in [6.07, 6.45) is 31.8. The van der Waals surface area contributed by atoms with Crippen LogP contribution in [-0.2, 0) is 24.0 Å². The first-order chi connectivity index (χ1) is 37.0. The van der Waals surface area contributed by atoms with Crippen LogP contribution in [0.4, 0.5) is 0 Å². The zero-order valence-electron chi connectivity index (χ0n) is 50.3. The molecule has 2 aromatic carbocycles. The third kappa shape index (κ3) is 40.7. The van der Waals surface area contributed by atoms with Gasteiger partial charge in [-0.05, 0) is 127 Å². The van der Waals surface area contributed by atoms with Gasteiger partial charge in [0.1, 0.15) is 5.78 Å². The highest BCUT2D eigenvalue weighted by Crippen LogP contribution is 2.51. The van der Waals surface area contributed by atoms with Crippen LogP contribution in [0.25, 0.3) is 0 Å². The number of quaternary nitrogens is 1. The van der Waals surface area contributed by atoms with Gasteiger partial charge in [-0.15, -0.1) is 0 Å². The molecule has 0 aliphatic rings. The van der Waals surface area contributed by atoms with E-state index in [1.165, 1.54) is 135 Å². The molecule has 0 saturated carbocycles. The van der Waals surface area contributed by atoms with E-state index in [4.69, 9.17) is 0 Å². The maximum absolute atomic E-state index is 12.6. The Bertz CT molecular complexity index is 1810. The first kappa shape index (κ1) is 79.6. The number of halogens is 3. The third-order valence-corrected chi connectivity index (χ3v) is 21.6. The summed E-state index contributed by atoms with van der Waals surface area (Å²) in [5.41, 5.74) is 0.